The molecule has 168 valence electrons. The fourth-order valence-corrected chi connectivity index (χ4v) is 5.60. The van der Waals surface area contributed by atoms with Crippen LogP contribution in [0, 0.1) is 0 Å². The van der Waals surface area contributed by atoms with Crippen LogP contribution < -0.4 is 24.3 Å². The van der Waals surface area contributed by atoms with Crippen LogP contribution in [0.1, 0.15) is 61.3 Å². The molecule has 0 bridgehead atoms. The molecule has 1 spiro atoms. The largest absolute Gasteiger partial charge is 0.493 e. The van der Waals surface area contributed by atoms with Gasteiger partial charge in [0.2, 0.25) is 0 Å². The number of quaternary nitrogens is 1. The number of rotatable bonds is 7. The van der Waals surface area contributed by atoms with E-state index in [0.717, 1.165) is 42.4 Å². The van der Waals surface area contributed by atoms with E-state index in [2.05, 4.69) is 29.6 Å². The second-order valence-electron chi connectivity index (χ2n) is 8.91. The van der Waals surface area contributed by atoms with Crippen LogP contribution in [0.3, 0.4) is 0 Å². The van der Waals surface area contributed by atoms with Crippen molar-refractivity contribution in [1.29, 1.82) is 0 Å². The number of hydrogen-bond acceptors (Lipinski definition) is 4. The van der Waals surface area contributed by atoms with Gasteiger partial charge in [0.1, 0.15) is 6.04 Å². The smallest absolute Gasteiger partial charge is 0.161 e. The molecule has 1 saturated carbocycles. The summed E-state index contributed by atoms with van der Waals surface area (Å²) in [5.41, 5.74) is 4.45. The molecule has 1 heterocycles. The number of ether oxygens (including phenoxy) is 4. The Morgan fingerprint density at radius 2 is 1.45 bits per heavy atom. The standard InChI is InChI=1S/C26H35NO4/c1-28-22-11-9-18(14-23(22)29-2)8-10-21-19-15-24(30-3)25(31-4)16-20(19)26(17-27-21)12-6-5-7-13-26/h9,11,14-16,21,27H,5-8,10,12-13,17H2,1-4H3/p+1/t21-/m0/s1. The first-order chi connectivity index (χ1) is 15.1. The summed E-state index contributed by atoms with van der Waals surface area (Å²) in [6.07, 6.45) is 8.59. The molecule has 4 rings (SSSR count). The Kier molecular flexibility index (Phi) is 6.61. The number of nitrogens with two attached hydrogens (primary N) is 1. The molecule has 1 aliphatic carbocycles. The molecular weight excluding hydrogens is 390 g/mol. The van der Waals surface area contributed by atoms with Crippen molar-refractivity contribution in [1.82, 2.24) is 0 Å². The summed E-state index contributed by atoms with van der Waals surface area (Å²) >= 11 is 0. The summed E-state index contributed by atoms with van der Waals surface area (Å²) in [6.45, 7) is 1.16. The molecule has 1 atom stereocenters. The zero-order chi connectivity index (χ0) is 21.8. The van der Waals surface area contributed by atoms with Crippen molar-refractivity contribution in [3.05, 3.63) is 47.0 Å². The predicted molar refractivity (Wildman–Crippen MR) is 122 cm³/mol. The molecule has 2 aliphatic rings. The van der Waals surface area contributed by atoms with Crippen molar-refractivity contribution in [2.24, 2.45) is 0 Å². The van der Waals surface area contributed by atoms with Crippen molar-refractivity contribution in [3.8, 4) is 23.0 Å². The highest BCUT2D eigenvalue weighted by molar-refractivity contribution is 5.52. The van der Waals surface area contributed by atoms with Gasteiger partial charge in [-0.3, -0.25) is 0 Å². The van der Waals surface area contributed by atoms with Gasteiger partial charge in [-0.25, -0.2) is 0 Å². The van der Waals surface area contributed by atoms with E-state index in [9.17, 15) is 0 Å². The Morgan fingerprint density at radius 1 is 0.806 bits per heavy atom. The summed E-state index contributed by atoms with van der Waals surface area (Å²) < 4.78 is 22.2. The maximum Gasteiger partial charge on any atom is 0.161 e. The molecule has 1 fully saturated rings. The lowest BCUT2D eigenvalue weighted by atomic mass is 9.65. The zero-order valence-corrected chi connectivity index (χ0v) is 19.3. The highest BCUT2D eigenvalue weighted by Crippen LogP contribution is 2.47. The molecule has 0 saturated heterocycles. The van der Waals surface area contributed by atoms with Crippen LogP contribution in [0.4, 0.5) is 0 Å². The lowest BCUT2D eigenvalue weighted by Gasteiger charge is -2.43. The van der Waals surface area contributed by atoms with Crippen LogP contribution in [-0.4, -0.2) is 35.0 Å². The fraction of sp³-hybridized carbons (Fsp3) is 0.538. The third-order valence-electron chi connectivity index (χ3n) is 7.32. The molecule has 0 amide bonds. The summed E-state index contributed by atoms with van der Waals surface area (Å²) in [5, 5.41) is 2.57. The van der Waals surface area contributed by atoms with Gasteiger partial charge in [-0.15, -0.1) is 0 Å². The van der Waals surface area contributed by atoms with E-state index in [1.54, 1.807) is 28.4 Å². The molecule has 0 radical (unpaired) electrons. The first kappa shape index (κ1) is 21.8. The Hall–Kier alpha value is -2.40. The van der Waals surface area contributed by atoms with E-state index >= 15 is 0 Å². The Labute approximate surface area is 186 Å². The third-order valence-corrected chi connectivity index (χ3v) is 7.32. The molecule has 0 aromatic heterocycles. The maximum atomic E-state index is 5.69. The maximum absolute atomic E-state index is 5.69. The van der Waals surface area contributed by atoms with Gasteiger partial charge in [0, 0.05) is 17.4 Å². The van der Waals surface area contributed by atoms with E-state index in [-0.39, 0.29) is 5.41 Å². The van der Waals surface area contributed by atoms with Gasteiger partial charge in [-0.1, -0.05) is 25.3 Å². The average molecular weight is 427 g/mol. The number of hydrogen-bond donors (Lipinski definition) is 1. The highest BCUT2D eigenvalue weighted by atomic mass is 16.5. The van der Waals surface area contributed by atoms with Gasteiger partial charge >= 0.3 is 0 Å². The topological polar surface area (TPSA) is 53.5 Å². The van der Waals surface area contributed by atoms with Crippen molar-refractivity contribution >= 4 is 0 Å². The molecule has 1 aliphatic heterocycles. The molecule has 5 nitrogen and oxygen atoms in total. The van der Waals surface area contributed by atoms with Gasteiger partial charge in [0.05, 0.1) is 35.0 Å². The summed E-state index contributed by atoms with van der Waals surface area (Å²) in [4.78, 5) is 0. The molecule has 31 heavy (non-hydrogen) atoms. The minimum atomic E-state index is 0.271. The van der Waals surface area contributed by atoms with Gasteiger partial charge in [0.15, 0.2) is 23.0 Å². The van der Waals surface area contributed by atoms with Gasteiger partial charge in [0.25, 0.3) is 0 Å². The second-order valence-corrected chi connectivity index (χ2v) is 8.91. The summed E-state index contributed by atoms with van der Waals surface area (Å²) in [6, 6.07) is 11.2. The Balaban J connectivity index is 1.63. The van der Waals surface area contributed by atoms with E-state index in [0.29, 0.717) is 6.04 Å². The number of benzene rings is 2. The van der Waals surface area contributed by atoms with Crippen molar-refractivity contribution in [3.63, 3.8) is 0 Å². The predicted octanol–water partition coefficient (Wildman–Crippen LogP) is 4.17. The highest BCUT2D eigenvalue weighted by Gasteiger charge is 2.43. The van der Waals surface area contributed by atoms with Crippen LogP contribution in [0.25, 0.3) is 0 Å². The second kappa shape index (κ2) is 9.39. The van der Waals surface area contributed by atoms with Crippen molar-refractivity contribution < 1.29 is 24.3 Å². The molecule has 0 unspecified atom stereocenters. The number of methoxy groups -OCH3 is 4. The normalized spacial score (nSPS) is 19.5. The number of aryl methyl sites for hydroxylation is 1. The molecule has 2 aromatic carbocycles. The zero-order valence-electron chi connectivity index (χ0n) is 19.3. The summed E-state index contributed by atoms with van der Waals surface area (Å²) in [5.74, 6) is 3.25. The number of fused-ring (bicyclic) bond motifs is 2. The molecular formula is C26H36NO4+. The van der Waals surface area contributed by atoms with Crippen molar-refractivity contribution in [2.75, 3.05) is 35.0 Å². The van der Waals surface area contributed by atoms with Gasteiger partial charge in [-0.2, -0.15) is 0 Å². The minimum Gasteiger partial charge on any atom is -0.493 e. The molecule has 2 N–H and O–H groups in total. The van der Waals surface area contributed by atoms with Crippen LogP contribution >= 0.6 is 0 Å². The van der Waals surface area contributed by atoms with E-state index in [1.807, 2.05) is 6.07 Å². The first-order valence-corrected chi connectivity index (χ1v) is 11.4. The SMILES string of the molecule is COc1ccc(CC[C@@H]2[NH2+]CC3(CCCCC3)c3cc(OC)c(OC)cc32)cc1OC. The fourth-order valence-electron chi connectivity index (χ4n) is 5.60. The third kappa shape index (κ3) is 4.20. The van der Waals surface area contributed by atoms with Crippen molar-refractivity contribution in [2.45, 2.75) is 56.4 Å². The van der Waals surface area contributed by atoms with Crippen LogP contribution in [0.5, 0.6) is 23.0 Å². The lowest BCUT2D eigenvalue weighted by molar-refractivity contribution is -0.708. The van der Waals surface area contributed by atoms with E-state index < -0.39 is 0 Å². The Bertz CT molecular complexity index is 905. The van der Waals surface area contributed by atoms with Crippen LogP contribution in [0.15, 0.2) is 30.3 Å². The van der Waals surface area contributed by atoms with E-state index in [4.69, 9.17) is 18.9 Å². The van der Waals surface area contributed by atoms with Gasteiger partial charge in [-0.05, 0) is 54.7 Å². The molecule has 2 aromatic rings. The average Bonchev–Trinajstić information content (AvgIpc) is 2.83. The Morgan fingerprint density at radius 3 is 2.13 bits per heavy atom. The lowest BCUT2D eigenvalue weighted by Crippen LogP contribution is -2.90. The quantitative estimate of drug-likeness (QED) is 0.722. The van der Waals surface area contributed by atoms with Crippen LogP contribution in [-0.2, 0) is 11.8 Å². The van der Waals surface area contributed by atoms with Crippen LogP contribution in [0.2, 0.25) is 0 Å². The monoisotopic (exact) mass is 426 g/mol. The van der Waals surface area contributed by atoms with Gasteiger partial charge < -0.3 is 24.3 Å². The summed E-state index contributed by atoms with van der Waals surface area (Å²) in [7, 11) is 6.83. The first-order valence-electron chi connectivity index (χ1n) is 11.4. The molecule has 5 heteroatoms. The minimum absolute atomic E-state index is 0.271. The van der Waals surface area contributed by atoms with E-state index in [1.165, 1.54) is 48.8 Å².